The lowest BCUT2D eigenvalue weighted by atomic mass is 9.98. The van der Waals surface area contributed by atoms with Crippen LogP contribution in [0.1, 0.15) is 13.8 Å². The third kappa shape index (κ3) is 1.85. The molecule has 14 heavy (non-hydrogen) atoms. The number of carbonyl (C=O) groups is 2. The van der Waals surface area contributed by atoms with E-state index < -0.39 is 6.10 Å². The van der Waals surface area contributed by atoms with Crippen LogP contribution in [0.4, 0.5) is 0 Å². The van der Waals surface area contributed by atoms with Crippen LogP contribution in [-0.2, 0) is 14.3 Å². The number of nitrogens with zero attached hydrogens (tertiary/aromatic N) is 1. The normalized spacial score (nSPS) is 22.6. The van der Waals surface area contributed by atoms with E-state index in [0.717, 1.165) is 0 Å². The fourth-order valence-corrected chi connectivity index (χ4v) is 1.32. The van der Waals surface area contributed by atoms with Gasteiger partial charge < -0.3 is 9.64 Å². The highest BCUT2D eigenvalue weighted by molar-refractivity contribution is 6.21. The maximum Gasteiger partial charge on any atom is 0.257 e. The van der Waals surface area contributed by atoms with Crippen LogP contribution in [0.25, 0.3) is 0 Å². The Morgan fingerprint density at radius 3 is 2.57 bits per heavy atom. The van der Waals surface area contributed by atoms with Crippen LogP contribution in [0.2, 0.25) is 0 Å². The molecule has 0 aromatic carbocycles. The van der Waals surface area contributed by atoms with Crippen LogP contribution >= 0.6 is 0 Å². The number of rotatable bonds is 1. The number of Topliss-reactive ketones (excluding diaryl/α,β-unsaturated/α-hetero) is 1. The molecule has 0 fully saturated rings. The highest BCUT2D eigenvalue weighted by atomic mass is 16.5. The van der Waals surface area contributed by atoms with E-state index in [-0.39, 0.29) is 17.3 Å². The number of carbonyl (C=O) groups excluding carboxylic acids is 2. The predicted octanol–water partition coefficient (Wildman–Crippen LogP) is 0.379. The Hall–Kier alpha value is -1.16. The van der Waals surface area contributed by atoms with Crippen molar-refractivity contribution in [1.82, 2.24) is 4.90 Å². The molecule has 4 heteroatoms. The summed E-state index contributed by atoms with van der Waals surface area (Å²) >= 11 is 0. The van der Waals surface area contributed by atoms with E-state index in [1.165, 1.54) is 4.90 Å². The average Bonchev–Trinajstić information content (AvgIpc) is 2.12. The van der Waals surface area contributed by atoms with E-state index in [9.17, 15) is 9.59 Å². The van der Waals surface area contributed by atoms with Gasteiger partial charge in [0.15, 0.2) is 5.78 Å². The molecule has 78 valence electrons. The van der Waals surface area contributed by atoms with Crippen LogP contribution < -0.4 is 0 Å². The molecule has 1 rings (SSSR count). The van der Waals surface area contributed by atoms with Gasteiger partial charge in [-0.1, -0.05) is 0 Å². The molecule has 0 bridgehead atoms. The van der Waals surface area contributed by atoms with Crippen molar-refractivity contribution in [2.45, 2.75) is 20.0 Å². The van der Waals surface area contributed by atoms with Gasteiger partial charge in [0.25, 0.3) is 5.91 Å². The molecule has 0 aromatic heterocycles. The fraction of sp³-hybridized carbons (Fsp3) is 0.600. The smallest absolute Gasteiger partial charge is 0.257 e. The lowest BCUT2D eigenvalue weighted by Gasteiger charge is -2.23. The van der Waals surface area contributed by atoms with Gasteiger partial charge in [-0.3, -0.25) is 9.59 Å². The van der Waals surface area contributed by atoms with Crippen molar-refractivity contribution >= 4 is 11.7 Å². The molecular formula is C10H15NO3. The zero-order valence-corrected chi connectivity index (χ0v) is 8.96. The molecule has 0 N–H and O–H groups in total. The number of amides is 1. The Labute approximate surface area is 83.5 Å². The summed E-state index contributed by atoms with van der Waals surface area (Å²) in [4.78, 5) is 24.7. The van der Waals surface area contributed by atoms with Crippen LogP contribution in [-0.4, -0.2) is 43.4 Å². The number of ketones is 1. The highest BCUT2D eigenvalue weighted by Gasteiger charge is 2.30. The monoisotopic (exact) mass is 197 g/mol. The van der Waals surface area contributed by atoms with Crippen LogP contribution in [0.5, 0.6) is 0 Å². The van der Waals surface area contributed by atoms with Crippen molar-refractivity contribution < 1.29 is 14.3 Å². The summed E-state index contributed by atoms with van der Waals surface area (Å²) in [6.45, 7) is 3.78. The first-order valence-corrected chi connectivity index (χ1v) is 4.52. The van der Waals surface area contributed by atoms with Gasteiger partial charge in [0.1, 0.15) is 6.10 Å². The van der Waals surface area contributed by atoms with E-state index >= 15 is 0 Å². The summed E-state index contributed by atoms with van der Waals surface area (Å²) in [5, 5.41) is 0. The number of hydrogen-bond acceptors (Lipinski definition) is 3. The first-order chi connectivity index (χ1) is 6.45. The summed E-state index contributed by atoms with van der Waals surface area (Å²) in [6.07, 6.45) is -0.502. The Bertz CT molecular complexity index is 304. The summed E-state index contributed by atoms with van der Waals surface area (Å²) in [6, 6.07) is 0. The number of ether oxygens (including phenoxy) is 1. The van der Waals surface area contributed by atoms with Gasteiger partial charge in [0.2, 0.25) is 0 Å². The number of likely N-dealkylation sites (N-methyl/N-ethyl adjacent to an activating group) is 1. The van der Waals surface area contributed by atoms with Gasteiger partial charge in [0, 0.05) is 14.1 Å². The summed E-state index contributed by atoms with van der Waals surface area (Å²) in [5.41, 5.74) is 1.00. The Morgan fingerprint density at radius 2 is 2.07 bits per heavy atom. The van der Waals surface area contributed by atoms with Gasteiger partial charge in [-0.15, -0.1) is 0 Å². The largest absolute Gasteiger partial charge is 0.366 e. The third-order valence-corrected chi connectivity index (χ3v) is 2.21. The van der Waals surface area contributed by atoms with Gasteiger partial charge in [-0.2, -0.15) is 0 Å². The molecule has 4 nitrogen and oxygen atoms in total. The van der Waals surface area contributed by atoms with Gasteiger partial charge in [0.05, 0.1) is 12.2 Å². The summed E-state index contributed by atoms with van der Waals surface area (Å²) in [7, 11) is 3.27. The second-order valence-electron chi connectivity index (χ2n) is 3.67. The van der Waals surface area contributed by atoms with Crippen LogP contribution in [0.15, 0.2) is 11.1 Å². The Balaban J connectivity index is 3.04. The molecule has 0 spiro atoms. The fourth-order valence-electron chi connectivity index (χ4n) is 1.32. The molecule has 1 aliphatic heterocycles. The Kier molecular flexibility index (Phi) is 3.06. The second kappa shape index (κ2) is 3.92. The third-order valence-electron chi connectivity index (χ3n) is 2.21. The SMILES string of the molecule is CC1=C(C(=O)N(C)C)C(=O)C(C)OC1. The molecule has 0 aliphatic carbocycles. The second-order valence-corrected chi connectivity index (χ2v) is 3.67. The summed E-state index contributed by atoms with van der Waals surface area (Å²) in [5.74, 6) is -0.449. The maximum absolute atomic E-state index is 11.7. The molecular weight excluding hydrogens is 182 g/mol. The molecule has 1 unspecified atom stereocenters. The van der Waals surface area contributed by atoms with E-state index in [0.29, 0.717) is 12.2 Å². The first kappa shape index (κ1) is 10.9. The maximum atomic E-state index is 11.7. The zero-order valence-electron chi connectivity index (χ0n) is 8.96. The molecule has 0 aromatic rings. The van der Waals surface area contributed by atoms with Gasteiger partial charge in [-0.05, 0) is 19.4 Å². The van der Waals surface area contributed by atoms with Gasteiger partial charge >= 0.3 is 0 Å². The zero-order chi connectivity index (χ0) is 10.9. The minimum absolute atomic E-state index is 0.215. The van der Waals surface area contributed by atoms with Crippen molar-refractivity contribution in [3.05, 3.63) is 11.1 Å². The number of hydrogen-bond donors (Lipinski definition) is 0. The van der Waals surface area contributed by atoms with Crippen LogP contribution in [0, 0.1) is 0 Å². The standard InChI is InChI=1S/C10H15NO3/c1-6-5-14-7(2)9(12)8(6)10(13)11(3)4/h7H,5H2,1-4H3. The lowest BCUT2D eigenvalue weighted by molar-refractivity contribution is -0.133. The minimum atomic E-state index is -0.502. The molecule has 0 radical (unpaired) electrons. The van der Waals surface area contributed by atoms with E-state index in [4.69, 9.17) is 4.74 Å². The first-order valence-electron chi connectivity index (χ1n) is 4.52. The molecule has 1 atom stereocenters. The lowest BCUT2D eigenvalue weighted by Crippen LogP contribution is -2.37. The molecule has 0 saturated heterocycles. The van der Waals surface area contributed by atoms with E-state index in [1.54, 1.807) is 27.9 Å². The van der Waals surface area contributed by atoms with Gasteiger partial charge in [-0.25, -0.2) is 0 Å². The van der Waals surface area contributed by atoms with Crippen molar-refractivity contribution in [2.75, 3.05) is 20.7 Å². The van der Waals surface area contributed by atoms with Crippen molar-refractivity contribution in [3.8, 4) is 0 Å². The van der Waals surface area contributed by atoms with Crippen molar-refractivity contribution in [1.29, 1.82) is 0 Å². The minimum Gasteiger partial charge on any atom is -0.366 e. The molecule has 1 amide bonds. The quantitative estimate of drug-likeness (QED) is 0.571. The molecule has 0 saturated carbocycles. The molecule has 1 aliphatic rings. The Morgan fingerprint density at radius 1 is 1.50 bits per heavy atom. The van der Waals surface area contributed by atoms with E-state index in [1.807, 2.05) is 0 Å². The van der Waals surface area contributed by atoms with Crippen molar-refractivity contribution in [2.24, 2.45) is 0 Å². The average molecular weight is 197 g/mol. The van der Waals surface area contributed by atoms with Crippen LogP contribution in [0.3, 0.4) is 0 Å². The van der Waals surface area contributed by atoms with Crippen molar-refractivity contribution in [3.63, 3.8) is 0 Å². The summed E-state index contributed by atoms with van der Waals surface area (Å²) < 4.78 is 5.18. The molecule has 1 heterocycles. The predicted molar refractivity (Wildman–Crippen MR) is 51.8 cm³/mol. The highest BCUT2D eigenvalue weighted by Crippen LogP contribution is 2.18. The van der Waals surface area contributed by atoms with E-state index in [2.05, 4.69) is 0 Å². The topological polar surface area (TPSA) is 46.6 Å².